The number of carbonyl (C=O) groups is 1. The van der Waals surface area contributed by atoms with Crippen LogP contribution < -0.4 is 14.9 Å². The molecule has 1 atom stereocenters. The highest BCUT2D eigenvalue weighted by Crippen LogP contribution is 2.33. The molecule has 202 valence electrons. The molecular weight excluding hydrogens is 510 g/mol. The van der Waals surface area contributed by atoms with Crippen LogP contribution in [0, 0.1) is 0 Å². The predicted molar refractivity (Wildman–Crippen MR) is 149 cm³/mol. The van der Waals surface area contributed by atoms with E-state index >= 15 is 0 Å². The monoisotopic (exact) mass is 547 g/mol. The van der Waals surface area contributed by atoms with Crippen molar-refractivity contribution in [2.75, 3.05) is 67.1 Å². The standard InChI is InChI=1S/C25H37N5O5SSi/c1-29-9-13-35-23(18-29)21-5-4-8-26-24(21)27-25(32)20-7-6-19(28-36(33,34)14-12-31)17-22(20)30-10-15-37(2,3)16-11-30/h4-8,17,23,28,31H,9-16,18H2,1-3H3,(H,26,27,32). The first-order valence-corrected chi connectivity index (χ1v) is 17.7. The number of aliphatic hydroxyl groups excluding tert-OH is 1. The van der Waals surface area contributed by atoms with E-state index < -0.39 is 30.5 Å². The van der Waals surface area contributed by atoms with Crippen LogP contribution in [0.3, 0.4) is 0 Å². The molecule has 2 fully saturated rings. The van der Waals surface area contributed by atoms with Crippen molar-refractivity contribution in [2.24, 2.45) is 0 Å². The fourth-order valence-electron chi connectivity index (χ4n) is 4.68. The van der Waals surface area contributed by atoms with E-state index in [-0.39, 0.29) is 12.0 Å². The van der Waals surface area contributed by atoms with Gasteiger partial charge in [0, 0.05) is 37.9 Å². The van der Waals surface area contributed by atoms with E-state index in [1.165, 1.54) is 0 Å². The number of sulfonamides is 1. The largest absolute Gasteiger partial charge is 0.395 e. The zero-order valence-corrected chi connectivity index (χ0v) is 23.6. The van der Waals surface area contributed by atoms with Crippen molar-refractivity contribution in [2.45, 2.75) is 31.3 Å². The second-order valence-corrected chi connectivity index (χ2v) is 17.7. The van der Waals surface area contributed by atoms with Crippen molar-refractivity contribution in [3.8, 4) is 0 Å². The Kier molecular flexibility index (Phi) is 8.54. The summed E-state index contributed by atoms with van der Waals surface area (Å²) in [5, 5.41) is 12.1. The molecule has 3 heterocycles. The summed E-state index contributed by atoms with van der Waals surface area (Å²) < 4.78 is 33.0. The molecule has 4 rings (SSSR count). The van der Waals surface area contributed by atoms with Crippen LogP contribution in [-0.4, -0.2) is 89.6 Å². The summed E-state index contributed by atoms with van der Waals surface area (Å²) in [5.41, 5.74) is 2.31. The summed E-state index contributed by atoms with van der Waals surface area (Å²) in [6.45, 7) is 8.04. The van der Waals surface area contributed by atoms with E-state index in [0.717, 1.165) is 37.3 Å². The van der Waals surface area contributed by atoms with Crippen molar-refractivity contribution in [3.05, 3.63) is 47.7 Å². The van der Waals surface area contributed by atoms with Crippen molar-refractivity contribution in [3.63, 3.8) is 0 Å². The molecule has 2 aliphatic rings. The SMILES string of the molecule is CN1CCOC(c2cccnc2NC(=O)c2ccc(NS(=O)(=O)CCO)cc2N2CC[Si](C)(C)CC2)C1. The Morgan fingerprint density at radius 1 is 1.22 bits per heavy atom. The van der Waals surface area contributed by atoms with Gasteiger partial charge in [0.2, 0.25) is 10.0 Å². The van der Waals surface area contributed by atoms with Crippen LogP contribution in [0.1, 0.15) is 22.0 Å². The maximum Gasteiger partial charge on any atom is 0.258 e. The van der Waals surface area contributed by atoms with Gasteiger partial charge < -0.3 is 25.0 Å². The van der Waals surface area contributed by atoms with Gasteiger partial charge in [0.1, 0.15) is 5.82 Å². The molecule has 1 aromatic heterocycles. The first-order chi connectivity index (χ1) is 17.6. The molecule has 1 aromatic carbocycles. The number of nitrogens with zero attached hydrogens (tertiary/aromatic N) is 3. The molecule has 1 unspecified atom stereocenters. The number of rotatable bonds is 8. The van der Waals surface area contributed by atoms with Crippen LogP contribution in [0.5, 0.6) is 0 Å². The second-order valence-electron chi connectivity index (χ2n) is 10.5. The smallest absolute Gasteiger partial charge is 0.258 e. The van der Waals surface area contributed by atoms with Crippen LogP contribution in [0.25, 0.3) is 0 Å². The Morgan fingerprint density at radius 3 is 2.68 bits per heavy atom. The number of morpholine rings is 1. The molecule has 1 amide bonds. The van der Waals surface area contributed by atoms with E-state index in [4.69, 9.17) is 9.84 Å². The minimum atomic E-state index is -3.70. The number of anilines is 3. The van der Waals surface area contributed by atoms with Crippen molar-refractivity contribution in [1.82, 2.24) is 9.88 Å². The van der Waals surface area contributed by atoms with E-state index in [2.05, 4.69) is 37.9 Å². The maximum atomic E-state index is 13.6. The minimum absolute atomic E-state index is 0.195. The zero-order chi connectivity index (χ0) is 26.6. The number of aromatic nitrogens is 1. The average molecular weight is 548 g/mol. The van der Waals surface area contributed by atoms with Gasteiger partial charge in [0.15, 0.2) is 0 Å². The Balaban J connectivity index is 1.63. The fraction of sp³-hybridized carbons (Fsp3) is 0.520. The van der Waals surface area contributed by atoms with Crippen molar-refractivity contribution < 1.29 is 23.1 Å². The zero-order valence-electron chi connectivity index (χ0n) is 21.7. The molecule has 0 bridgehead atoms. The third-order valence-electron chi connectivity index (χ3n) is 7.02. The lowest BCUT2D eigenvalue weighted by atomic mass is 10.1. The van der Waals surface area contributed by atoms with Gasteiger partial charge in [-0.25, -0.2) is 13.4 Å². The number of likely N-dealkylation sites (N-methyl/N-ethyl adjacent to an activating group) is 1. The fourth-order valence-corrected chi connectivity index (χ4v) is 7.50. The summed E-state index contributed by atoms with van der Waals surface area (Å²) in [6, 6.07) is 10.9. The third kappa shape index (κ3) is 7.08. The van der Waals surface area contributed by atoms with Gasteiger partial charge in [0.25, 0.3) is 5.91 Å². The number of pyridine rings is 1. The highest BCUT2D eigenvalue weighted by atomic mass is 32.2. The van der Waals surface area contributed by atoms with E-state index in [9.17, 15) is 13.2 Å². The first-order valence-electron chi connectivity index (χ1n) is 12.6. The van der Waals surface area contributed by atoms with Gasteiger partial charge >= 0.3 is 0 Å². The van der Waals surface area contributed by atoms with Crippen LogP contribution >= 0.6 is 0 Å². The Bertz CT molecular complexity index is 1220. The molecule has 0 saturated carbocycles. The molecule has 0 aliphatic carbocycles. The minimum Gasteiger partial charge on any atom is -0.395 e. The summed E-state index contributed by atoms with van der Waals surface area (Å²) in [4.78, 5) is 22.4. The number of carbonyl (C=O) groups excluding carboxylic acids is 1. The molecule has 37 heavy (non-hydrogen) atoms. The number of benzene rings is 1. The maximum absolute atomic E-state index is 13.6. The number of aliphatic hydroxyl groups is 1. The number of hydrogen-bond acceptors (Lipinski definition) is 8. The average Bonchev–Trinajstić information content (AvgIpc) is 2.84. The van der Waals surface area contributed by atoms with E-state index in [1.807, 2.05) is 19.2 Å². The van der Waals surface area contributed by atoms with E-state index in [0.29, 0.717) is 35.9 Å². The number of hydrogen-bond donors (Lipinski definition) is 3. The molecule has 10 nitrogen and oxygen atoms in total. The van der Waals surface area contributed by atoms with E-state index in [1.54, 1.807) is 24.4 Å². The van der Waals surface area contributed by atoms with Gasteiger partial charge in [-0.05, 0) is 43.4 Å². The van der Waals surface area contributed by atoms with Crippen LogP contribution in [0.4, 0.5) is 17.2 Å². The molecule has 2 aromatic rings. The first kappa shape index (κ1) is 27.5. The van der Waals surface area contributed by atoms with Crippen molar-refractivity contribution >= 4 is 41.2 Å². The lowest BCUT2D eigenvalue weighted by molar-refractivity contribution is -0.0206. The van der Waals surface area contributed by atoms with Crippen molar-refractivity contribution in [1.29, 1.82) is 0 Å². The molecule has 3 N–H and O–H groups in total. The van der Waals surface area contributed by atoms with Gasteiger partial charge in [-0.2, -0.15) is 0 Å². The molecule has 0 radical (unpaired) electrons. The lowest BCUT2D eigenvalue weighted by Crippen LogP contribution is -2.43. The quantitative estimate of drug-likeness (QED) is 0.431. The lowest BCUT2D eigenvalue weighted by Gasteiger charge is -2.38. The Hall–Kier alpha value is -2.51. The summed E-state index contributed by atoms with van der Waals surface area (Å²) in [5.74, 6) is -0.251. The highest BCUT2D eigenvalue weighted by molar-refractivity contribution is 7.92. The Morgan fingerprint density at radius 2 is 1.97 bits per heavy atom. The van der Waals surface area contributed by atoms with Gasteiger partial charge in [-0.15, -0.1) is 0 Å². The topological polar surface area (TPSA) is 124 Å². The van der Waals surface area contributed by atoms with Crippen LogP contribution in [0.15, 0.2) is 36.5 Å². The summed E-state index contributed by atoms with van der Waals surface area (Å²) in [6.07, 6.45) is 1.45. The molecule has 0 spiro atoms. The van der Waals surface area contributed by atoms with Gasteiger partial charge in [0.05, 0.1) is 50.1 Å². The highest BCUT2D eigenvalue weighted by Gasteiger charge is 2.30. The normalized spacial score (nSPS) is 20.4. The summed E-state index contributed by atoms with van der Waals surface area (Å²) >= 11 is 0. The number of ether oxygens (including phenoxy) is 1. The molecular formula is C25H37N5O5SSi. The summed E-state index contributed by atoms with van der Waals surface area (Å²) in [7, 11) is -2.93. The molecule has 2 saturated heterocycles. The second kappa shape index (κ2) is 11.5. The Labute approximate surface area is 220 Å². The molecule has 12 heteroatoms. The third-order valence-corrected chi connectivity index (χ3v) is 11.4. The number of nitrogens with one attached hydrogen (secondary N) is 2. The predicted octanol–water partition coefficient (Wildman–Crippen LogP) is 2.60. The van der Waals surface area contributed by atoms with Gasteiger partial charge in [-0.1, -0.05) is 19.2 Å². The number of amides is 1. The van der Waals surface area contributed by atoms with Crippen LogP contribution in [0.2, 0.25) is 25.2 Å². The molecule has 2 aliphatic heterocycles. The van der Waals surface area contributed by atoms with Gasteiger partial charge in [-0.3, -0.25) is 9.52 Å². The van der Waals surface area contributed by atoms with Crippen LogP contribution in [-0.2, 0) is 14.8 Å².